The second-order valence-corrected chi connectivity index (χ2v) is 4.68. The number of halogens is 1. The van der Waals surface area contributed by atoms with Gasteiger partial charge in [-0.05, 0) is 27.9 Å². The fourth-order valence-corrected chi connectivity index (χ4v) is 2.18. The number of carbonyl (C=O) groups is 1. The summed E-state index contributed by atoms with van der Waals surface area (Å²) in [4.78, 5) is 13.8. The number of likely N-dealkylation sites (tertiary alicyclic amines) is 1. The Morgan fingerprint density at radius 2 is 2.40 bits per heavy atom. The molecule has 82 valence electrons. The number of furan rings is 1. The zero-order valence-electron chi connectivity index (χ0n) is 8.44. The number of rotatable bonds is 1. The second kappa shape index (κ2) is 3.98. The first kappa shape index (κ1) is 10.7. The normalized spacial score (nSPS) is 25.9. The molecule has 15 heavy (non-hydrogen) atoms. The van der Waals surface area contributed by atoms with E-state index in [1.807, 2.05) is 0 Å². The highest BCUT2D eigenvalue weighted by molar-refractivity contribution is 9.10. The summed E-state index contributed by atoms with van der Waals surface area (Å²) in [6.07, 6.45) is 1.50. The lowest BCUT2D eigenvalue weighted by atomic mass is 10.1. The molecule has 5 heteroatoms. The van der Waals surface area contributed by atoms with Gasteiger partial charge in [-0.2, -0.15) is 0 Å². The van der Waals surface area contributed by atoms with E-state index >= 15 is 0 Å². The van der Waals surface area contributed by atoms with Crippen molar-refractivity contribution in [3.8, 4) is 0 Å². The first-order chi connectivity index (χ1) is 7.09. The molecule has 2 N–H and O–H groups in total. The lowest BCUT2D eigenvalue weighted by molar-refractivity contribution is 0.0785. The highest BCUT2D eigenvalue weighted by Gasteiger charge is 2.31. The Balaban J connectivity index is 2.13. The Labute approximate surface area is 96.5 Å². The molecule has 0 saturated carbocycles. The van der Waals surface area contributed by atoms with E-state index in [1.54, 1.807) is 11.0 Å². The van der Waals surface area contributed by atoms with E-state index in [2.05, 4.69) is 22.9 Å². The summed E-state index contributed by atoms with van der Waals surface area (Å²) >= 11 is 3.20. The maximum Gasteiger partial charge on any atom is 0.258 e. The monoisotopic (exact) mass is 272 g/mol. The SMILES string of the molecule is CC1CN(C(=O)c2ccoc2Br)CC1N. The van der Waals surface area contributed by atoms with Gasteiger partial charge >= 0.3 is 0 Å². The number of carbonyl (C=O) groups excluding carboxylic acids is 1. The van der Waals surface area contributed by atoms with Gasteiger partial charge in [-0.1, -0.05) is 6.92 Å². The third-order valence-corrected chi connectivity index (χ3v) is 3.42. The van der Waals surface area contributed by atoms with Gasteiger partial charge in [0.05, 0.1) is 11.8 Å². The maximum atomic E-state index is 12.0. The highest BCUT2D eigenvalue weighted by Crippen LogP contribution is 2.22. The number of amides is 1. The quantitative estimate of drug-likeness (QED) is 0.842. The number of hydrogen-bond donors (Lipinski definition) is 1. The van der Waals surface area contributed by atoms with E-state index < -0.39 is 0 Å². The van der Waals surface area contributed by atoms with Crippen LogP contribution in [0.2, 0.25) is 0 Å². The molecule has 2 atom stereocenters. The van der Waals surface area contributed by atoms with E-state index in [-0.39, 0.29) is 11.9 Å². The Morgan fingerprint density at radius 3 is 2.87 bits per heavy atom. The van der Waals surface area contributed by atoms with Gasteiger partial charge in [0.15, 0.2) is 4.67 Å². The first-order valence-electron chi connectivity index (χ1n) is 4.87. The summed E-state index contributed by atoms with van der Waals surface area (Å²) in [5, 5.41) is 0. The van der Waals surface area contributed by atoms with Gasteiger partial charge in [-0.3, -0.25) is 4.79 Å². The van der Waals surface area contributed by atoms with E-state index in [9.17, 15) is 4.79 Å². The van der Waals surface area contributed by atoms with Crippen molar-refractivity contribution in [2.24, 2.45) is 11.7 Å². The topological polar surface area (TPSA) is 59.5 Å². The average molecular weight is 273 g/mol. The molecule has 1 saturated heterocycles. The Hall–Kier alpha value is -0.810. The lowest BCUT2D eigenvalue weighted by Gasteiger charge is -2.14. The molecule has 1 fully saturated rings. The van der Waals surface area contributed by atoms with Crippen LogP contribution in [0.4, 0.5) is 0 Å². The Bertz CT molecular complexity index is 367. The van der Waals surface area contributed by atoms with Gasteiger partial charge in [0, 0.05) is 19.1 Å². The summed E-state index contributed by atoms with van der Waals surface area (Å²) < 4.78 is 5.52. The molecule has 2 rings (SSSR count). The Morgan fingerprint density at radius 1 is 1.67 bits per heavy atom. The fraction of sp³-hybridized carbons (Fsp3) is 0.500. The summed E-state index contributed by atoms with van der Waals surface area (Å²) in [7, 11) is 0. The van der Waals surface area contributed by atoms with Crippen molar-refractivity contribution in [3.05, 3.63) is 22.6 Å². The number of hydrogen-bond acceptors (Lipinski definition) is 3. The third kappa shape index (κ3) is 1.94. The van der Waals surface area contributed by atoms with E-state index in [0.29, 0.717) is 22.7 Å². The molecule has 0 radical (unpaired) electrons. The van der Waals surface area contributed by atoms with E-state index in [4.69, 9.17) is 10.2 Å². The van der Waals surface area contributed by atoms with Gasteiger partial charge in [-0.15, -0.1) is 0 Å². The molecule has 0 aliphatic carbocycles. The van der Waals surface area contributed by atoms with Crippen molar-refractivity contribution in [3.63, 3.8) is 0 Å². The molecule has 4 nitrogen and oxygen atoms in total. The minimum Gasteiger partial charge on any atom is -0.457 e. The van der Waals surface area contributed by atoms with Gasteiger partial charge in [0.1, 0.15) is 0 Å². The molecular weight excluding hydrogens is 260 g/mol. The van der Waals surface area contributed by atoms with Crippen molar-refractivity contribution in [2.45, 2.75) is 13.0 Å². The largest absolute Gasteiger partial charge is 0.457 e. The van der Waals surface area contributed by atoms with Crippen LogP contribution in [-0.2, 0) is 0 Å². The first-order valence-corrected chi connectivity index (χ1v) is 5.66. The minimum absolute atomic E-state index is 0.0181. The van der Waals surface area contributed by atoms with Crippen molar-refractivity contribution in [2.75, 3.05) is 13.1 Å². The molecule has 1 amide bonds. The van der Waals surface area contributed by atoms with Crippen LogP contribution in [0.25, 0.3) is 0 Å². The van der Waals surface area contributed by atoms with Crippen molar-refractivity contribution in [1.82, 2.24) is 4.90 Å². The molecule has 2 unspecified atom stereocenters. The van der Waals surface area contributed by atoms with Gasteiger partial charge < -0.3 is 15.1 Å². The minimum atomic E-state index is -0.0181. The van der Waals surface area contributed by atoms with E-state index in [0.717, 1.165) is 6.54 Å². The zero-order chi connectivity index (χ0) is 11.0. The van der Waals surface area contributed by atoms with Crippen LogP contribution in [0.3, 0.4) is 0 Å². The molecule has 1 aliphatic rings. The average Bonchev–Trinajstić information content (AvgIpc) is 2.74. The van der Waals surface area contributed by atoms with Gasteiger partial charge in [-0.25, -0.2) is 0 Å². The number of nitrogens with zero attached hydrogens (tertiary/aromatic N) is 1. The Kier molecular flexibility index (Phi) is 2.84. The smallest absolute Gasteiger partial charge is 0.258 e. The molecule has 0 aromatic carbocycles. The van der Waals surface area contributed by atoms with Crippen LogP contribution < -0.4 is 5.73 Å². The van der Waals surface area contributed by atoms with Crippen LogP contribution in [0.1, 0.15) is 17.3 Å². The van der Waals surface area contributed by atoms with Crippen LogP contribution in [0, 0.1) is 5.92 Å². The predicted molar refractivity (Wildman–Crippen MR) is 59.5 cm³/mol. The second-order valence-electron chi connectivity index (χ2n) is 3.96. The van der Waals surface area contributed by atoms with E-state index in [1.165, 1.54) is 6.26 Å². The van der Waals surface area contributed by atoms with Crippen LogP contribution >= 0.6 is 15.9 Å². The maximum absolute atomic E-state index is 12.0. The molecule has 1 aromatic rings. The zero-order valence-corrected chi connectivity index (χ0v) is 10.0. The molecule has 0 spiro atoms. The third-order valence-electron chi connectivity index (χ3n) is 2.81. The van der Waals surface area contributed by atoms with Crippen LogP contribution in [-0.4, -0.2) is 29.9 Å². The standard InChI is InChI=1S/C10H13BrN2O2/c1-6-4-13(5-8(6)12)10(14)7-2-3-15-9(7)11/h2-3,6,8H,4-5,12H2,1H3. The van der Waals surface area contributed by atoms with Crippen molar-refractivity contribution >= 4 is 21.8 Å². The molecule has 1 aliphatic heterocycles. The molecule has 1 aromatic heterocycles. The highest BCUT2D eigenvalue weighted by atomic mass is 79.9. The van der Waals surface area contributed by atoms with Crippen molar-refractivity contribution in [1.29, 1.82) is 0 Å². The molecule has 0 bridgehead atoms. The van der Waals surface area contributed by atoms with Crippen LogP contribution in [0.5, 0.6) is 0 Å². The van der Waals surface area contributed by atoms with Crippen molar-refractivity contribution < 1.29 is 9.21 Å². The molecular formula is C10H13BrN2O2. The lowest BCUT2D eigenvalue weighted by Crippen LogP contribution is -2.32. The predicted octanol–water partition coefficient (Wildman–Crippen LogP) is 1.46. The summed E-state index contributed by atoms with van der Waals surface area (Å²) in [5.41, 5.74) is 6.43. The fourth-order valence-electron chi connectivity index (χ4n) is 1.77. The molecule has 2 heterocycles. The summed E-state index contributed by atoms with van der Waals surface area (Å²) in [5.74, 6) is 0.343. The number of nitrogens with two attached hydrogens (primary N) is 1. The van der Waals surface area contributed by atoms with Gasteiger partial charge in [0.25, 0.3) is 5.91 Å². The summed E-state index contributed by atoms with van der Waals surface area (Å²) in [6.45, 7) is 3.40. The van der Waals surface area contributed by atoms with Crippen LogP contribution in [0.15, 0.2) is 21.4 Å². The summed E-state index contributed by atoms with van der Waals surface area (Å²) in [6, 6.07) is 1.75. The van der Waals surface area contributed by atoms with Gasteiger partial charge in [0.2, 0.25) is 0 Å².